The van der Waals surface area contributed by atoms with Gasteiger partial charge in [0, 0.05) is 29.9 Å². The van der Waals surface area contributed by atoms with E-state index in [9.17, 15) is 4.79 Å². The van der Waals surface area contributed by atoms with Gasteiger partial charge in [-0.3, -0.25) is 0 Å². The summed E-state index contributed by atoms with van der Waals surface area (Å²) in [6, 6.07) is 0. The molecule has 0 bridgehead atoms. The van der Waals surface area contributed by atoms with Crippen molar-refractivity contribution in [3.05, 3.63) is 23.5 Å². The largest absolute Gasteiger partial charge is 0.476 e. The zero-order valence-electron chi connectivity index (χ0n) is 10.7. The Labute approximate surface area is 119 Å². The maximum atomic E-state index is 10.8. The van der Waals surface area contributed by atoms with Crippen molar-refractivity contribution in [3.63, 3.8) is 0 Å². The first kappa shape index (κ1) is 13.0. The molecule has 2 aromatic rings. The first-order valence-corrected chi connectivity index (χ1v) is 7.35. The Hall–Kier alpha value is -2.02. The molecule has 2 heterocycles. The van der Waals surface area contributed by atoms with Gasteiger partial charge in [-0.05, 0) is 18.8 Å². The SMILES string of the molecule is O=C(O)c1csc(-c2cnc(NCC3CCC3)nc2)n1. The molecule has 0 atom stereocenters. The number of nitrogens with one attached hydrogen (secondary N) is 1. The van der Waals surface area contributed by atoms with E-state index in [2.05, 4.69) is 20.3 Å². The van der Waals surface area contributed by atoms with Crippen molar-refractivity contribution in [1.29, 1.82) is 0 Å². The van der Waals surface area contributed by atoms with Gasteiger partial charge in [-0.25, -0.2) is 19.7 Å². The van der Waals surface area contributed by atoms with E-state index in [1.807, 2.05) is 0 Å². The Morgan fingerprint density at radius 3 is 2.70 bits per heavy atom. The first-order valence-electron chi connectivity index (χ1n) is 6.47. The number of nitrogens with zero attached hydrogens (tertiary/aromatic N) is 3. The van der Waals surface area contributed by atoms with E-state index in [1.165, 1.54) is 36.0 Å². The predicted octanol–water partition coefficient (Wildman–Crippen LogP) is 2.51. The number of carboxylic acids is 1. The first-order chi connectivity index (χ1) is 9.72. The standard InChI is InChI=1S/C13H14N4O2S/c18-12(19)10-7-20-11(17-10)9-5-15-13(16-6-9)14-4-8-2-1-3-8/h5-8H,1-4H2,(H,18,19)(H,14,15,16). The summed E-state index contributed by atoms with van der Waals surface area (Å²) in [5.74, 6) is 0.332. The van der Waals surface area contributed by atoms with Crippen LogP contribution in [0.2, 0.25) is 0 Å². The number of aromatic nitrogens is 3. The smallest absolute Gasteiger partial charge is 0.355 e. The van der Waals surface area contributed by atoms with Crippen LogP contribution in [-0.2, 0) is 0 Å². The van der Waals surface area contributed by atoms with E-state index in [-0.39, 0.29) is 5.69 Å². The molecular weight excluding hydrogens is 276 g/mol. The van der Waals surface area contributed by atoms with E-state index >= 15 is 0 Å². The van der Waals surface area contributed by atoms with Gasteiger partial charge < -0.3 is 10.4 Å². The number of thiazole rings is 1. The van der Waals surface area contributed by atoms with Crippen molar-refractivity contribution in [2.45, 2.75) is 19.3 Å². The molecule has 1 aliphatic rings. The van der Waals surface area contributed by atoms with Crippen LogP contribution < -0.4 is 5.32 Å². The second-order valence-electron chi connectivity index (χ2n) is 4.82. The van der Waals surface area contributed by atoms with Crippen LogP contribution in [-0.4, -0.2) is 32.6 Å². The Morgan fingerprint density at radius 1 is 1.40 bits per heavy atom. The predicted molar refractivity (Wildman–Crippen MR) is 75.9 cm³/mol. The maximum Gasteiger partial charge on any atom is 0.355 e. The quantitative estimate of drug-likeness (QED) is 0.879. The van der Waals surface area contributed by atoms with Gasteiger partial charge in [0.05, 0.1) is 0 Å². The molecular formula is C13H14N4O2S. The molecule has 6 nitrogen and oxygen atoms in total. The molecule has 2 N–H and O–H groups in total. The van der Waals surface area contributed by atoms with Gasteiger partial charge in [-0.1, -0.05) is 6.42 Å². The lowest BCUT2D eigenvalue weighted by Crippen LogP contribution is -2.21. The molecule has 0 aromatic carbocycles. The van der Waals surface area contributed by atoms with Gasteiger partial charge >= 0.3 is 5.97 Å². The Bertz CT molecular complexity index is 607. The summed E-state index contributed by atoms with van der Waals surface area (Å²) < 4.78 is 0. The van der Waals surface area contributed by atoms with Crippen LogP contribution >= 0.6 is 11.3 Å². The number of anilines is 1. The number of hydrogen-bond donors (Lipinski definition) is 2. The Morgan fingerprint density at radius 2 is 2.15 bits per heavy atom. The van der Waals surface area contributed by atoms with Crippen molar-refractivity contribution >= 4 is 23.3 Å². The second-order valence-corrected chi connectivity index (χ2v) is 5.67. The van der Waals surface area contributed by atoms with E-state index in [1.54, 1.807) is 12.4 Å². The van der Waals surface area contributed by atoms with E-state index in [4.69, 9.17) is 5.11 Å². The summed E-state index contributed by atoms with van der Waals surface area (Å²) in [7, 11) is 0. The minimum absolute atomic E-state index is 0.0529. The normalized spacial score (nSPS) is 14.8. The minimum atomic E-state index is -1.02. The van der Waals surface area contributed by atoms with Gasteiger partial charge in [0.25, 0.3) is 0 Å². The number of hydrogen-bond acceptors (Lipinski definition) is 6. The summed E-state index contributed by atoms with van der Waals surface area (Å²) in [5, 5.41) is 14.2. The van der Waals surface area contributed by atoms with Crippen molar-refractivity contribution in [2.75, 3.05) is 11.9 Å². The highest BCUT2D eigenvalue weighted by molar-refractivity contribution is 7.13. The molecule has 0 radical (unpaired) electrons. The average Bonchev–Trinajstić information content (AvgIpc) is 2.87. The van der Waals surface area contributed by atoms with Gasteiger partial charge in [-0.15, -0.1) is 11.3 Å². The third-order valence-corrected chi connectivity index (χ3v) is 4.29. The monoisotopic (exact) mass is 290 g/mol. The number of rotatable bonds is 5. The molecule has 1 saturated carbocycles. The summed E-state index contributed by atoms with van der Waals surface area (Å²) in [6.07, 6.45) is 7.22. The van der Waals surface area contributed by atoms with E-state index in [0.29, 0.717) is 11.0 Å². The van der Waals surface area contributed by atoms with Gasteiger partial charge in [-0.2, -0.15) is 0 Å². The molecule has 104 valence electrons. The summed E-state index contributed by atoms with van der Waals surface area (Å²) in [4.78, 5) is 23.3. The molecule has 20 heavy (non-hydrogen) atoms. The maximum absolute atomic E-state index is 10.8. The molecule has 7 heteroatoms. The summed E-state index contributed by atoms with van der Waals surface area (Å²) >= 11 is 1.28. The molecule has 0 unspecified atom stereocenters. The molecule has 0 spiro atoms. The number of aromatic carboxylic acids is 1. The van der Waals surface area contributed by atoms with Crippen LogP contribution in [0.5, 0.6) is 0 Å². The fraction of sp³-hybridized carbons (Fsp3) is 0.385. The lowest BCUT2D eigenvalue weighted by Gasteiger charge is -2.25. The summed E-state index contributed by atoms with van der Waals surface area (Å²) in [6.45, 7) is 0.916. The third-order valence-electron chi connectivity index (χ3n) is 3.40. The van der Waals surface area contributed by atoms with Crippen molar-refractivity contribution in [3.8, 4) is 10.6 Å². The highest BCUT2D eigenvalue weighted by atomic mass is 32.1. The van der Waals surface area contributed by atoms with Gasteiger partial charge in [0.15, 0.2) is 5.69 Å². The van der Waals surface area contributed by atoms with Crippen LogP contribution in [0, 0.1) is 5.92 Å². The lowest BCUT2D eigenvalue weighted by molar-refractivity contribution is 0.0691. The summed E-state index contributed by atoms with van der Waals surface area (Å²) in [5.41, 5.74) is 0.786. The topological polar surface area (TPSA) is 88.0 Å². The highest BCUT2D eigenvalue weighted by Gasteiger charge is 2.17. The zero-order chi connectivity index (χ0) is 13.9. The van der Waals surface area contributed by atoms with Crippen molar-refractivity contribution in [2.24, 2.45) is 5.92 Å². The average molecular weight is 290 g/mol. The lowest BCUT2D eigenvalue weighted by atomic mass is 9.85. The molecule has 1 fully saturated rings. The Balaban J connectivity index is 1.66. The molecule has 2 aromatic heterocycles. The van der Waals surface area contributed by atoms with E-state index < -0.39 is 5.97 Å². The minimum Gasteiger partial charge on any atom is -0.476 e. The van der Waals surface area contributed by atoms with Crippen LogP contribution in [0.15, 0.2) is 17.8 Å². The van der Waals surface area contributed by atoms with E-state index in [0.717, 1.165) is 18.0 Å². The van der Waals surface area contributed by atoms with Crippen molar-refractivity contribution in [1.82, 2.24) is 15.0 Å². The highest BCUT2D eigenvalue weighted by Crippen LogP contribution is 2.26. The molecule has 0 amide bonds. The fourth-order valence-electron chi connectivity index (χ4n) is 1.97. The second kappa shape index (κ2) is 5.54. The number of carbonyl (C=O) groups is 1. The van der Waals surface area contributed by atoms with Gasteiger partial charge in [0.2, 0.25) is 5.95 Å². The molecule has 3 rings (SSSR count). The van der Waals surface area contributed by atoms with Crippen LogP contribution in [0.3, 0.4) is 0 Å². The molecule has 0 saturated heterocycles. The Kier molecular flexibility index (Phi) is 3.60. The van der Waals surface area contributed by atoms with Gasteiger partial charge in [0.1, 0.15) is 5.01 Å². The van der Waals surface area contributed by atoms with Crippen LogP contribution in [0.4, 0.5) is 5.95 Å². The third kappa shape index (κ3) is 2.77. The molecule has 0 aliphatic heterocycles. The van der Waals surface area contributed by atoms with Crippen LogP contribution in [0.25, 0.3) is 10.6 Å². The number of carboxylic acid groups (broad SMARTS) is 1. The zero-order valence-corrected chi connectivity index (χ0v) is 11.6. The fourth-order valence-corrected chi connectivity index (χ4v) is 2.74. The molecule has 1 aliphatic carbocycles. The van der Waals surface area contributed by atoms with Crippen molar-refractivity contribution < 1.29 is 9.90 Å². The van der Waals surface area contributed by atoms with Crippen LogP contribution in [0.1, 0.15) is 29.8 Å².